The minimum atomic E-state index is -0.516. The van der Waals surface area contributed by atoms with E-state index in [1.807, 2.05) is 69.3 Å². The van der Waals surface area contributed by atoms with Gasteiger partial charge in [0, 0.05) is 11.3 Å². The number of nitrogens with one attached hydrogen (secondary N) is 1. The first-order chi connectivity index (χ1) is 19.3. The third-order valence-electron chi connectivity index (χ3n) is 6.31. The number of thioether (sulfide) groups is 1. The first-order valence-electron chi connectivity index (χ1n) is 13.0. The molecule has 206 valence electrons. The van der Waals surface area contributed by atoms with Crippen LogP contribution in [0.4, 0.5) is 10.5 Å². The van der Waals surface area contributed by atoms with Crippen LogP contribution in [0.25, 0.3) is 6.08 Å². The summed E-state index contributed by atoms with van der Waals surface area (Å²) in [6, 6.07) is 19.1. The van der Waals surface area contributed by atoms with Crippen molar-refractivity contribution < 1.29 is 23.9 Å². The van der Waals surface area contributed by atoms with Gasteiger partial charge in [-0.25, -0.2) is 0 Å². The molecule has 1 aliphatic rings. The molecule has 1 aliphatic heterocycles. The molecule has 4 rings (SSSR count). The van der Waals surface area contributed by atoms with Crippen molar-refractivity contribution in [1.29, 1.82) is 0 Å². The number of amides is 3. The summed E-state index contributed by atoms with van der Waals surface area (Å²) in [6.07, 6.45) is 3.93. The summed E-state index contributed by atoms with van der Waals surface area (Å²) in [4.78, 5) is 39.6. The van der Waals surface area contributed by atoms with Gasteiger partial charge in [0.05, 0.1) is 11.5 Å². The van der Waals surface area contributed by atoms with Crippen LogP contribution in [-0.2, 0) is 22.6 Å². The second-order valence-electron chi connectivity index (χ2n) is 9.32. The molecule has 0 radical (unpaired) electrons. The highest BCUT2D eigenvalue weighted by atomic mass is 32.2. The quantitative estimate of drug-likeness (QED) is 0.209. The van der Waals surface area contributed by atoms with Crippen LogP contribution in [-0.4, -0.2) is 35.1 Å². The first kappa shape index (κ1) is 28.7. The maximum Gasteiger partial charge on any atom is 0.294 e. The molecule has 3 aromatic rings. The number of hydrogen-bond donors (Lipinski definition) is 1. The molecular weight excluding hydrogens is 524 g/mol. The molecule has 1 N–H and O–H groups in total. The number of allylic oxidation sites excluding steroid dienone is 1. The molecule has 0 aliphatic carbocycles. The molecule has 3 aromatic carbocycles. The summed E-state index contributed by atoms with van der Waals surface area (Å²) in [6.45, 7) is 10.1. The largest absolute Gasteiger partial charge is 0.490 e. The van der Waals surface area contributed by atoms with E-state index in [9.17, 15) is 14.4 Å². The fourth-order valence-corrected chi connectivity index (χ4v) is 5.02. The molecule has 40 heavy (non-hydrogen) atoms. The van der Waals surface area contributed by atoms with Crippen molar-refractivity contribution in [2.75, 3.05) is 18.5 Å². The summed E-state index contributed by atoms with van der Waals surface area (Å²) in [5.41, 5.74) is 5.30. The Kier molecular flexibility index (Phi) is 9.45. The molecule has 1 saturated heterocycles. The Balaban J connectivity index is 1.54. The van der Waals surface area contributed by atoms with Crippen LogP contribution < -0.4 is 14.8 Å². The third kappa shape index (κ3) is 7.01. The zero-order chi connectivity index (χ0) is 28.6. The monoisotopic (exact) mass is 556 g/mol. The van der Waals surface area contributed by atoms with Gasteiger partial charge in [0.2, 0.25) is 5.91 Å². The fourth-order valence-electron chi connectivity index (χ4n) is 4.18. The summed E-state index contributed by atoms with van der Waals surface area (Å²) in [5, 5.41) is 2.27. The number of carbonyl (C=O) groups is 3. The number of anilines is 1. The Morgan fingerprint density at radius 3 is 2.50 bits per heavy atom. The number of aryl methyl sites for hydroxylation is 2. The second-order valence-corrected chi connectivity index (χ2v) is 10.3. The fraction of sp³-hybridized carbons (Fsp3) is 0.219. The van der Waals surface area contributed by atoms with E-state index in [1.54, 1.807) is 24.3 Å². The zero-order valence-corrected chi connectivity index (χ0v) is 23.7. The molecule has 1 heterocycles. The van der Waals surface area contributed by atoms with Crippen molar-refractivity contribution in [1.82, 2.24) is 4.90 Å². The van der Waals surface area contributed by atoms with Crippen LogP contribution in [0.5, 0.6) is 11.5 Å². The summed E-state index contributed by atoms with van der Waals surface area (Å²) in [5.74, 6) is 0.186. The first-order valence-corrected chi connectivity index (χ1v) is 13.8. The molecule has 3 amide bonds. The molecule has 0 aromatic heterocycles. The molecule has 0 saturated carbocycles. The Bertz CT molecular complexity index is 1470. The lowest BCUT2D eigenvalue weighted by Crippen LogP contribution is -2.36. The number of imide groups is 1. The maximum atomic E-state index is 13.1. The highest BCUT2D eigenvalue weighted by molar-refractivity contribution is 8.18. The number of carbonyl (C=O) groups excluding carboxylic acids is 3. The lowest BCUT2D eigenvalue weighted by Gasteiger charge is -2.17. The van der Waals surface area contributed by atoms with Crippen molar-refractivity contribution in [3.05, 3.63) is 106 Å². The van der Waals surface area contributed by atoms with E-state index in [1.165, 1.54) is 0 Å². The Morgan fingerprint density at radius 1 is 1.02 bits per heavy atom. The summed E-state index contributed by atoms with van der Waals surface area (Å²) in [7, 11) is 0. The van der Waals surface area contributed by atoms with E-state index in [2.05, 4.69) is 11.9 Å². The zero-order valence-electron chi connectivity index (χ0n) is 22.9. The average Bonchev–Trinajstić information content (AvgIpc) is 3.18. The molecule has 0 bridgehead atoms. The van der Waals surface area contributed by atoms with Gasteiger partial charge in [0.1, 0.15) is 13.2 Å². The normalized spacial score (nSPS) is 14.0. The highest BCUT2D eigenvalue weighted by Gasteiger charge is 2.36. The predicted molar refractivity (Wildman–Crippen MR) is 160 cm³/mol. The smallest absolute Gasteiger partial charge is 0.294 e. The van der Waals surface area contributed by atoms with Crippen LogP contribution >= 0.6 is 11.8 Å². The highest BCUT2D eigenvalue weighted by Crippen LogP contribution is 2.37. The van der Waals surface area contributed by atoms with Crippen molar-refractivity contribution >= 4 is 40.6 Å². The SMILES string of the molecule is C=CCc1cc(/C=C2\SC(=O)N(CC(=O)Nc3ccc(C)c(C)c3)C2=O)cc(OCC)c1OCc1ccccc1. The summed E-state index contributed by atoms with van der Waals surface area (Å²) < 4.78 is 12.1. The minimum absolute atomic E-state index is 0.230. The minimum Gasteiger partial charge on any atom is -0.490 e. The second kappa shape index (κ2) is 13.2. The third-order valence-corrected chi connectivity index (χ3v) is 7.22. The molecule has 1 fully saturated rings. The van der Waals surface area contributed by atoms with Gasteiger partial charge in [-0.15, -0.1) is 6.58 Å². The standard InChI is InChI=1S/C32H32N2O5S/c1-5-10-25-16-24(17-27(38-6-2)30(25)39-20-23-11-8-7-9-12-23)18-28-31(36)34(32(37)40-28)19-29(35)33-26-14-13-21(3)22(4)15-26/h5,7-9,11-18H,1,6,10,19-20H2,2-4H3,(H,33,35)/b28-18-. The summed E-state index contributed by atoms with van der Waals surface area (Å²) >= 11 is 0.806. The van der Waals surface area contributed by atoms with Crippen molar-refractivity contribution in [2.24, 2.45) is 0 Å². The predicted octanol–water partition coefficient (Wildman–Crippen LogP) is 6.68. The van der Waals surface area contributed by atoms with Gasteiger partial charge in [-0.3, -0.25) is 19.3 Å². The molecule has 7 nitrogen and oxygen atoms in total. The Labute approximate surface area is 238 Å². The van der Waals surface area contributed by atoms with E-state index in [-0.39, 0.29) is 11.4 Å². The van der Waals surface area contributed by atoms with Gasteiger partial charge < -0.3 is 14.8 Å². The van der Waals surface area contributed by atoms with Crippen LogP contribution in [0.15, 0.2) is 78.2 Å². The van der Waals surface area contributed by atoms with Crippen LogP contribution in [0.2, 0.25) is 0 Å². The molecule has 8 heteroatoms. The maximum absolute atomic E-state index is 13.1. The topological polar surface area (TPSA) is 84.9 Å². The van der Waals surface area contributed by atoms with Gasteiger partial charge in [-0.1, -0.05) is 42.5 Å². The van der Waals surface area contributed by atoms with Gasteiger partial charge >= 0.3 is 0 Å². The van der Waals surface area contributed by atoms with Gasteiger partial charge in [0.25, 0.3) is 11.1 Å². The van der Waals surface area contributed by atoms with E-state index in [4.69, 9.17) is 9.47 Å². The number of rotatable bonds is 11. The van der Waals surface area contributed by atoms with Crippen molar-refractivity contribution in [3.63, 3.8) is 0 Å². The lowest BCUT2D eigenvalue weighted by molar-refractivity contribution is -0.127. The van der Waals surface area contributed by atoms with E-state index in [0.29, 0.717) is 42.4 Å². The van der Waals surface area contributed by atoms with Crippen molar-refractivity contribution in [2.45, 2.75) is 33.8 Å². The number of nitrogens with zero attached hydrogens (tertiary/aromatic N) is 1. The molecule has 0 unspecified atom stereocenters. The molecule has 0 atom stereocenters. The van der Waals surface area contributed by atoms with Crippen LogP contribution in [0.3, 0.4) is 0 Å². The van der Waals surface area contributed by atoms with E-state index >= 15 is 0 Å². The van der Waals surface area contributed by atoms with E-state index in [0.717, 1.165) is 38.9 Å². The molecular formula is C32H32N2O5S. The Morgan fingerprint density at radius 2 is 1.80 bits per heavy atom. The van der Waals surface area contributed by atoms with Crippen LogP contribution in [0.1, 0.15) is 34.7 Å². The molecule has 0 spiro atoms. The number of ether oxygens (including phenoxy) is 2. The van der Waals surface area contributed by atoms with Gasteiger partial charge in [-0.05, 0) is 91.5 Å². The number of hydrogen-bond acceptors (Lipinski definition) is 6. The average molecular weight is 557 g/mol. The van der Waals surface area contributed by atoms with Gasteiger partial charge in [0.15, 0.2) is 11.5 Å². The van der Waals surface area contributed by atoms with Crippen molar-refractivity contribution in [3.8, 4) is 11.5 Å². The van der Waals surface area contributed by atoms with Gasteiger partial charge in [-0.2, -0.15) is 0 Å². The number of benzene rings is 3. The Hall–Kier alpha value is -4.30. The van der Waals surface area contributed by atoms with Crippen LogP contribution in [0, 0.1) is 13.8 Å². The lowest BCUT2D eigenvalue weighted by atomic mass is 10.0. The van der Waals surface area contributed by atoms with E-state index < -0.39 is 17.1 Å².